The van der Waals surface area contributed by atoms with Gasteiger partial charge in [-0.25, -0.2) is 4.79 Å². The van der Waals surface area contributed by atoms with Crippen molar-refractivity contribution in [3.63, 3.8) is 0 Å². The lowest BCUT2D eigenvalue weighted by Gasteiger charge is -2.19. The molecule has 1 amide bonds. The van der Waals surface area contributed by atoms with Crippen LogP contribution in [-0.4, -0.2) is 43.8 Å². The molecule has 1 aromatic rings. The van der Waals surface area contributed by atoms with Crippen LogP contribution < -0.4 is 10.1 Å². The zero-order valence-electron chi connectivity index (χ0n) is 19.0. The van der Waals surface area contributed by atoms with Gasteiger partial charge in [0.1, 0.15) is 5.75 Å². The number of anilines is 1. The number of carbonyl (C=O) groups excluding carboxylic acids is 1. The number of amides is 1. The van der Waals surface area contributed by atoms with Crippen LogP contribution in [0.2, 0.25) is 0 Å². The van der Waals surface area contributed by atoms with Crippen LogP contribution in [0.5, 0.6) is 5.75 Å². The Morgan fingerprint density at radius 3 is 2.37 bits per heavy atom. The van der Waals surface area contributed by atoms with Gasteiger partial charge in [-0.05, 0) is 50.9 Å². The number of likely N-dealkylation sites (tertiary alicyclic amines) is 1. The standard InChI is InChI=1S/C25H42N2O3/c1-2-3-4-5-6-9-14-21-29-24-17-11-10-16-23(24)26-25(28)30-22-15-20-27-18-12-7-8-13-19-27/h10-11,16-17H,2-9,12-15,18-22H2,1H3,(H,26,28). The van der Waals surface area contributed by atoms with E-state index in [0.29, 0.717) is 24.7 Å². The van der Waals surface area contributed by atoms with Gasteiger partial charge in [-0.3, -0.25) is 5.32 Å². The third-order valence-electron chi connectivity index (χ3n) is 5.68. The van der Waals surface area contributed by atoms with E-state index in [2.05, 4.69) is 17.1 Å². The normalized spacial score (nSPS) is 14.8. The molecule has 5 heteroatoms. The van der Waals surface area contributed by atoms with E-state index < -0.39 is 6.09 Å². The van der Waals surface area contributed by atoms with Crippen molar-refractivity contribution in [1.29, 1.82) is 0 Å². The quantitative estimate of drug-likeness (QED) is 0.344. The fraction of sp³-hybridized carbons (Fsp3) is 0.720. The van der Waals surface area contributed by atoms with Gasteiger partial charge < -0.3 is 14.4 Å². The summed E-state index contributed by atoms with van der Waals surface area (Å²) in [6.07, 6.45) is 14.5. The Bertz CT molecular complexity index is 571. The highest BCUT2D eigenvalue weighted by Crippen LogP contribution is 2.24. The second kappa shape index (κ2) is 16.0. The fourth-order valence-electron chi connectivity index (χ4n) is 3.90. The smallest absolute Gasteiger partial charge is 0.411 e. The molecule has 1 heterocycles. The lowest BCUT2D eigenvalue weighted by Crippen LogP contribution is -2.27. The molecule has 0 atom stereocenters. The number of carbonyl (C=O) groups is 1. The highest BCUT2D eigenvalue weighted by atomic mass is 16.5. The van der Waals surface area contributed by atoms with Crippen molar-refractivity contribution in [2.45, 2.75) is 84.0 Å². The van der Waals surface area contributed by atoms with Gasteiger partial charge in [-0.1, -0.05) is 70.4 Å². The summed E-state index contributed by atoms with van der Waals surface area (Å²) in [6, 6.07) is 7.59. The summed E-state index contributed by atoms with van der Waals surface area (Å²) in [6.45, 7) is 6.73. The lowest BCUT2D eigenvalue weighted by molar-refractivity contribution is 0.152. The predicted octanol–water partition coefficient (Wildman–Crippen LogP) is 6.63. The van der Waals surface area contributed by atoms with Gasteiger partial charge in [0.2, 0.25) is 0 Å². The molecule has 1 aliphatic heterocycles. The first-order valence-electron chi connectivity index (χ1n) is 12.2. The Labute approximate surface area is 183 Å². The topological polar surface area (TPSA) is 50.8 Å². The maximum absolute atomic E-state index is 12.2. The van der Waals surface area contributed by atoms with Gasteiger partial charge in [0.05, 0.1) is 18.9 Å². The number of rotatable bonds is 14. The highest BCUT2D eigenvalue weighted by Gasteiger charge is 2.11. The molecular weight excluding hydrogens is 376 g/mol. The molecule has 5 nitrogen and oxygen atoms in total. The molecule has 0 unspecified atom stereocenters. The third-order valence-corrected chi connectivity index (χ3v) is 5.68. The molecule has 1 N–H and O–H groups in total. The summed E-state index contributed by atoms with van der Waals surface area (Å²) in [7, 11) is 0. The number of benzene rings is 1. The Kier molecular flexibility index (Phi) is 13.1. The van der Waals surface area contributed by atoms with Crippen LogP contribution in [0, 0.1) is 0 Å². The SMILES string of the molecule is CCCCCCCCCOc1ccccc1NC(=O)OCCCN1CCCCCC1. The van der Waals surface area contributed by atoms with Crippen molar-refractivity contribution < 1.29 is 14.3 Å². The number of para-hydroxylation sites is 2. The molecule has 1 aliphatic rings. The Balaban J connectivity index is 1.60. The Morgan fingerprint density at radius 2 is 1.60 bits per heavy atom. The van der Waals surface area contributed by atoms with Gasteiger partial charge in [-0.2, -0.15) is 0 Å². The van der Waals surface area contributed by atoms with Crippen LogP contribution in [0.3, 0.4) is 0 Å². The molecule has 2 rings (SSSR count). The van der Waals surface area contributed by atoms with Crippen molar-refractivity contribution in [1.82, 2.24) is 4.90 Å². The fourth-order valence-corrected chi connectivity index (χ4v) is 3.90. The van der Waals surface area contributed by atoms with E-state index in [1.165, 1.54) is 77.3 Å². The molecule has 0 radical (unpaired) electrons. The molecule has 0 aromatic heterocycles. The average molecular weight is 419 g/mol. The second-order valence-electron chi connectivity index (χ2n) is 8.34. The van der Waals surface area contributed by atoms with Gasteiger partial charge in [0, 0.05) is 6.54 Å². The zero-order chi connectivity index (χ0) is 21.3. The summed E-state index contributed by atoms with van der Waals surface area (Å²) >= 11 is 0. The van der Waals surface area contributed by atoms with E-state index in [1.807, 2.05) is 24.3 Å². The van der Waals surface area contributed by atoms with E-state index in [-0.39, 0.29) is 0 Å². The first kappa shape index (κ1) is 24.5. The third kappa shape index (κ3) is 10.9. The van der Waals surface area contributed by atoms with Gasteiger partial charge >= 0.3 is 6.09 Å². The first-order chi connectivity index (χ1) is 14.8. The number of nitrogens with one attached hydrogen (secondary N) is 1. The number of hydrogen-bond donors (Lipinski definition) is 1. The summed E-state index contributed by atoms with van der Waals surface area (Å²) < 4.78 is 11.3. The molecule has 0 spiro atoms. The van der Waals surface area contributed by atoms with Crippen molar-refractivity contribution in [2.75, 3.05) is 38.2 Å². The number of nitrogens with zero attached hydrogens (tertiary/aromatic N) is 1. The molecule has 30 heavy (non-hydrogen) atoms. The van der Waals surface area contributed by atoms with Crippen LogP contribution in [0.15, 0.2) is 24.3 Å². The van der Waals surface area contributed by atoms with Crippen molar-refractivity contribution in [3.8, 4) is 5.75 Å². The van der Waals surface area contributed by atoms with Crippen LogP contribution >= 0.6 is 0 Å². The second-order valence-corrected chi connectivity index (χ2v) is 8.34. The van der Waals surface area contributed by atoms with Crippen LogP contribution in [0.4, 0.5) is 10.5 Å². The summed E-state index contributed by atoms with van der Waals surface area (Å²) in [4.78, 5) is 14.7. The predicted molar refractivity (Wildman–Crippen MR) is 124 cm³/mol. The molecular formula is C25H42N2O3. The molecule has 1 aromatic carbocycles. The average Bonchev–Trinajstić information content (AvgIpc) is 3.03. The van der Waals surface area contributed by atoms with Gasteiger partial charge in [-0.15, -0.1) is 0 Å². The maximum atomic E-state index is 12.2. The molecule has 0 saturated carbocycles. The minimum atomic E-state index is -0.405. The first-order valence-corrected chi connectivity index (χ1v) is 12.2. The van der Waals surface area contributed by atoms with E-state index in [1.54, 1.807) is 0 Å². The lowest BCUT2D eigenvalue weighted by atomic mass is 10.1. The summed E-state index contributed by atoms with van der Waals surface area (Å²) in [5.74, 6) is 0.713. The minimum absolute atomic E-state index is 0.405. The van der Waals surface area contributed by atoms with E-state index in [9.17, 15) is 4.79 Å². The van der Waals surface area contributed by atoms with Crippen molar-refractivity contribution in [3.05, 3.63) is 24.3 Å². The maximum Gasteiger partial charge on any atom is 0.411 e. The minimum Gasteiger partial charge on any atom is -0.491 e. The molecule has 0 aliphatic carbocycles. The number of hydrogen-bond acceptors (Lipinski definition) is 4. The molecule has 170 valence electrons. The summed E-state index contributed by atoms with van der Waals surface area (Å²) in [5, 5.41) is 2.83. The summed E-state index contributed by atoms with van der Waals surface area (Å²) in [5.41, 5.74) is 0.679. The molecule has 1 fully saturated rings. The number of unbranched alkanes of at least 4 members (excludes halogenated alkanes) is 6. The van der Waals surface area contributed by atoms with Crippen LogP contribution in [0.25, 0.3) is 0 Å². The molecule has 0 bridgehead atoms. The Morgan fingerprint density at radius 1 is 0.900 bits per heavy atom. The van der Waals surface area contributed by atoms with E-state index in [4.69, 9.17) is 9.47 Å². The molecule has 1 saturated heterocycles. The van der Waals surface area contributed by atoms with Gasteiger partial charge in [0.15, 0.2) is 0 Å². The van der Waals surface area contributed by atoms with E-state index >= 15 is 0 Å². The van der Waals surface area contributed by atoms with Crippen LogP contribution in [-0.2, 0) is 4.74 Å². The van der Waals surface area contributed by atoms with Crippen molar-refractivity contribution in [2.24, 2.45) is 0 Å². The number of ether oxygens (including phenoxy) is 2. The Hall–Kier alpha value is -1.75. The zero-order valence-corrected chi connectivity index (χ0v) is 19.0. The van der Waals surface area contributed by atoms with Crippen molar-refractivity contribution >= 4 is 11.8 Å². The largest absolute Gasteiger partial charge is 0.491 e. The van der Waals surface area contributed by atoms with E-state index in [0.717, 1.165) is 19.4 Å². The monoisotopic (exact) mass is 418 g/mol. The van der Waals surface area contributed by atoms with Gasteiger partial charge in [0.25, 0.3) is 0 Å². The highest BCUT2D eigenvalue weighted by molar-refractivity contribution is 5.86. The van der Waals surface area contributed by atoms with Crippen LogP contribution in [0.1, 0.15) is 84.0 Å².